The van der Waals surface area contributed by atoms with Crippen LogP contribution in [-0.2, 0) is 16.1 Å². The molecule has 1 amide bonds. The van der Waals surface area contributed by atoms with Gasteiger partial charge in [-0.1, -0.05) is 12.1 Å². The first-order chi connectivity index (χ1) is 12.9. The smallest absolute Gasteiger partial charge is 0.326 e. The molecule has 0 aliphatic carbocycles. The number of carbonyl (C=O) groups is 2. The Morgan fingerprint density at radius 2 is 2.11 bits per heavy atom. The van der Waals surface area contributed by atoms with E-state index >= 15 is 0 Å². The summed E-state index contributed by atoms with van der Waals surface area (Å²) in [5, 5.41) is 15.8. The van der Waals surface area contributed by atoms with E-state index in [4.69, 9.17) is 4.74 Å². The lowest BCUT2D eigenvalue weighted by Gasteiger charge is -2.14. The highest BCUT2D eigenvalue weighted by Gasteiger charge is 2.20. The van der Waals surface area contributed by atoms with Crippen LogP contribution < -0.4 is 15.6 Å². The molecule has 0 aliphatic rings. The highest BCUT2D eigenvalue weighted by atomic mass is 32.2. The molecule has 2 aromatic rings. The van der Waals surface area contributed by atoms with Crippen LogP contribution in [0.5, 0.6) is 5.75 Å². The molecule has 0 fully saturated rings. The first-order valence-corrected chi connectivity index (χ1v) is 9.57. The Balaban J connectivity index is 2.17. The number of carboxylic acid groups (broad SMARTS) is 1. The molecule has 0 bridgehead atoms. The van der Waals surface area contributed by atoms with Gasteiger partial charge in [0.15, 0.2) is 0 Å². The second-order valence-corrected chi connectivity index (χ2v) is 6.67. The summed E-state index contributed by atoms with van der Waals surface area (Å²) in [5.41, 5.74) is 0.776. The lowest BCUT2D eigenvalue weighted by molar-refractivity contribution is -0.142. The normalized spacial score (nSPS) is 11.6. The number of hydrogen-bond acceptors (Lipinski definition) is 6. The van der Waals surface area contributed by atoms with E-state index in [2.05, 4.69) is 10.4 Å². The Hall–Kier alpha value is -2.81. The minimum absolute atomic E-state index is 0.300. The highest BCUT2D eigenvalue weighted by molar-refractivity contribution is 7.98. The molecule has 0 unspecified atom stereocenters. The van der Waals surface area contributed by atoms with Crippen LogP contribution in [-0.4, -0.2) is 51.9 Å². The number of methoxy groups -OCH3 is 1. The molecule has 0 aliphatic heterocycles. The van der Waals surface area contributed by atoms with Gasteiger partial charge in [0.1, 0.15) is 18.3 Å². The Morgan fingerprint density at radius 3 is 2.78 bits per heavy atom. The van der Waals surface area contributed by atoms with Crippen molar-refractivity contribution in [3.05, 3.63) is 46.8 Å². The van der Waals surface area contributed by atoms with E-state index in [-0.39, 0.29) is 6.54 Å². The summed E-state index contributed by atoms with van der Waals surface area (Å²) in [6, 6.07) is 9.03. The Labute approximate surface area is 160 Å². The van der Waals surface area contributed by atoms with Gasteiger partial charge in [0.05, 0.1) is 12.8 Å². The van der Waals surface area contributed by atoms with Crippen LogP contribution in [0, 0.1) is 0 Å². The average Bonchev–Trinajstić information content (AvgIpc) is 2.66. The van der Waals surface area contributed by atoms with E-state index in [1.54, 1.807) is 31.4 Å². The number of thioether (sulfide) groups is 1. The Bertz CT molecular complexity index is 868. The van der Waals surface area contributed by atoms with Gasteiger partial charge in [0.25, 0.3) is 5.56 Å². The molecule has 0 radical (unpaired) electrons. The quantitative estimate of drug-likeness (QED) is 0.662. The molecule has 0 saturated heterocycles. The molecule has 2 rings (SSSR count). The molecule has 1 heterocycles. The highest BCUT2D eigenvalue weighted by Crippen LogP contribution is 2.21. The van der Waals surface area contributed by atoms with Gasteiger partial charge in [-0.3, -0.25) is 9.59 Å². The molecule has 0 saturated carbocycles. The second kappa shape index (κ2) is 9.77. The van der Waals surface area contributed by atoms with Crippen LogP contribution in [0.4, 0.5) is 0 Å². The maximum atomic E-state index is 12.2. The van der Waals surface area contributed by atoms with Gasteiger partial charge in [0, 0.05) is 11.6 Å². The van der Waals surface area contributed by atoms with Crippen LogP contribution in [0.2, 0.25) is 0 Å². The van der Waals surface area contributed by atoms with Crippen molar-refractivity contribution < 1.29 is 19.4 Å². The van der Waals surface area contributed by atoms with Gasteiger partial charge < -0.3 is 15.2 Å². The summed E-state index contributed by atoms with van der Waals surface area (Å²) in [7, 11) is 1.55. The van der Waals surface area contributed by atoms with Crippen LogP contribution in [0.3, 0.4) is 0 Å². The summed E-state index contributed by atoms with van der Waals surface area (Å²) in [6.07, 6.45) is 2.16. The van der Waals surface area contributed by atoms with Gasteiger partial charge in [-0.2, -0.15) is 16.9 Å². The zero-order valence-corrected chi connectivity index (χ0v) is 15.9. The van der Waals surface area contributed by atoms with E-state index in [1.807, 2.05) is 12.3 Å². The van der Waals surface area contributed by atoms with E-state index in [0.717, 1.165) is 10.2 Å². The first-order valence-electron chi connectivity index (χ1n) is 8.18. The molecular formula is C18H21N3O5S. The lowest BCUT2D eigenvalue weighted by atomic mass is 10.1. The second-order valence-electron chi connectivity index (χ2n) is 5.69. The summed E-state index contributed by atoms with van der Waals surface area (Å²) >= 11 is 1.49. The van der Waals surface area contributed by atoms with Crippen molar-refractivity contribution in [2.24, 2.45) is 0 Å². The molecule has 144 valence electrons. The van der Waals surface area contributed by atoms with Crippen molar-refractivity contribution in [2.75, 3.05) is 19.1 Å². The van der Waals surface area contributed by atoms with E-state index in [0.29, 0.717) is 23.6 Å². The van der Waals surface area contributed by atoms with Crippen molar-refractivity contribution in [3.8, 4) is 17.0 Å². The van der Waals surface area contributed by atoms with Gasteiger partial charge in [-0.25, -0.2) is 9.48 Å². The summed E-state index contributed by atoms with van der Waals surface area (Å²) in [6.45, 7) is -0.361. The van der Waals surface area contributed by atoms with Crippen LogP contribution in [0.1, 0.15) is 6.42 Å². The van der Waals surface area contributed by atoms with Crippen molar-refractivity contribution in [1.82, 2.24) is 15.1 Å². The minimum atomic E-state index is -1.11. The SMILES string of the molecule is COc1cccc(-c2ccc(=O)n(CC(=O)N[C@H](CCSC)C(=O)O)n2)c1. The fourth-order valence-electron chi connectivity index (χ4n) is 2.37. The number of hydrogen-bond donors (Lipinski definition) is 2. The summed E-state index contributed by atoms with van der Waals surface area (Å²) in [5.74, 6) is -0.451. The topological polar surface area (TPSA) is 111 Å². The van der Waals surface area contributed by atoms with E-state index in [9.17, 15) is 19.5 Å². The van der Waals surface area contributed by atoms with Crippen molar-refractivity contribution in [1.29, 1.82) is 0 Å². The predicted molar refractivity (Wildman–Crippen MR) is 103 cm³/mol. The first kappa shape index (κ1) is 20.5. The van der Waals surface area contributed by atoms with Gasteiger partial charge in [-0.15, -0.1) is 0 Å². The molecule has 0 spiro atoms. The maximum absolute atomic E-state index is 12.2. The fraction of sp³-hybridized carbons (Fsp3) is 0.333. The molecular weight excluding hydrogens is 370 g/mol. The number of benzene rings is 1. The van der Waals surface area contributed by atoms with Gasteiger partial charge in [0.2, 0.25) is 5.91 Å². The number of amides is 1. The zero-order chi connectivity index (χ0) is 19.8. The predicted octanol–water partition coefficient (Wildman–Crippen LogP) is 1.24. The minimum Gasteiger partial charge on any atom is -0.497 e. The molecule has 27 heavy (non-hydrogen) atoms. The number of carbonyl (C=O) groups excluding carboxylic acids is 1. The molecule has 9 heteroatoms. The van der Waals surface area contributed by atoms with Crippen LogP contribution >= 0.6 is 11.8 Å². The molecule has 1 aromatic carbocycles. The van der Waals surface area contributed by atoms with Crippen molar-refractivity contribution in [3.63, 3.8) is 0 Å². The lowest BCUT2D eigenvalue weighted by Crippen LogP contribution is -2.44. The third kappa shape index (κ3) is 5.85. The average molecular weight is 391 g/mol. The standard InChI is InChI=1S/C18H21N3O5S/c1-26-13-5-3-4-12(10-13)14-6-7-17(23)21(20-14)11-16(22)19-15(18(24)25)8-9-27-2/h3-7,10,15H,8-9,11H2,1-2H3,(H,19,22)(H,24,25)/t15-/m1/s1. The molecule has 1 aromatic heterocycles. The number of aliphatic carboxylic acids is 1. The largest absolute Gasteiger partial charge is 0.497 e. The molecule has 2 N–H and O–H groups in total. The molecule has 1 atom stereocenters. The summed E-state index contributed by atoms with van der Waals surface area (Å²) < 4.78 is 6.19. The van der Waals surface area contributed by atoms with E-state index in [1.165, 1.54) is 17.8 Å². The van der Waals surface area contributed by atoms with Crippen molar-refractivity contribution >= 4 is 23.6 Å². The zero-order valence-electron chi connectivity index (χ0n) is 15.0. The Morgan fingerprint density at radius 1 is 1.33 bits per heavy atom. The number of aromatic nitrogens is 2. The number of carboxylic acids is 1. The van der Waals surface area contributed by atoms with Crippen molar-refractivity contribution in [2.45, 2.75) is 19.0 Å². The van der Waals surface area contributed by atoms with Crippen LogP contribution in [0.25, 0.3) is 11.3 Å². The number of nitrogens with one attached hydrogen (secondary N) is 1. The van der Waals surface area contributed by atoms with Crippen LogP contribution in [0.15, 0.2) is 41.2 Å². The van der Waals surface area contributed by atoms with Gasteiger partial charge >= 0.3 is 5.97 Å². The number of ether oxygens (including phenoxy) is 1. The monoisotopic (exact) mass is 391 g/mol. The Kier molecular flexibility index (Phi) is 7.42. The summed E-state index contributed by atoms with van der Waals surface area (Å²) in [4.78, 5) is 35.5. The van der Waals surface area contributed by atoms with Gasteiger partial charge in [-0.05, 0) is 36.6 Å². The number of rotatable bonds is 9. The fourth-order valence-corrected chi connectivity index (χ4v) is 2.84. The third-order valence-electron chi connectivity index (χ3n) is 3.77. The molecule has 8 nitrogen and oxygen atoms in total. The third-order valence-corrected chi connectivity index (χ3v) is 4.41. The maximum Gasteiger partial charge on any atom is 0.326 e. The number of nitrogens with zero attached hydrogens (tertiary/aromatic N) is 2. The van der Waals surface area contributed by atoms with E-state index < -0.39 is 23.5 Å².